The third-order valence-corrected chi connectivity index (χ3v) is 2.62. The van der Waals surface area contributed by atoms with E-state index >= 15 is 0 Å². The van der Waals surface area contributed by atoms with Crippen molar-refractivity contribution in [3.8, 4) is 5.75 Å². The highest BCUT2D eigenvalue weighted by Gasteiger charge is 2.02. The summed E-state index contributed by atoms with van der Waals surface area (Å²) in [6, 6.07) is 0. The lowest BCUT2D eigenvalue weighted by Gasteiger charge is -2.09. The lowest BCUT2D eigenvalue weighted by Crippen LogP contribution is -2.04. The van der Waals surface area contributed by atoms with Crippen LogP contribution in [-0.2, 0) is 7.05 Å². The van der Waals surface area contributed by atoms with Gasteiger partial charge in [0.15, 0.2) is 5.75 Å². The fraction of sp³-hybridized carbons (Fsp3) is 0.700. The summed E-state index contributed by atoms with van der Waals surface area (Å²) in [5.74, 6) is 1.57. The minimum absolute atomic E-state index is 0.714. The third-order valence-electron chi connectivity index (χ3n) is 2.16. The van der Waals surface area contributed by atoms with Gasteiger partial charge in [-0.05, 0) is 18.8 Å². The second-order valence-electron chi connectivity index (χ2n) is 3.57. The molecule has 0 amide bonds. The van der Waals surface area contributed by atoms with Gasteiger partial charge in [0.2, 0.25) is 0 Å². The maximum absolute atomic E-state index is 5.55. The zero-order valence-corrected chi connectivity index (χ0v) is 10.3. The molecular formula is C10H17BrN2O. The van der Waals surface area contributed by atoms with Crippen LogP contribution in [-0.4, -0.2) is 21.7 Å². The third kappa shape index (κ3) is 4.13. The Morgan fingerprint density at radius 2 is 2.36 bits per heavy atom. The Kier molecular flexibility index (Phi) is 5.01. The molecule has 3 nitrogen and oxygen atoms in total. The van der Waals surface area contributed by atoms with Crippen LogP contribution in [0, 0.1) is 5.92 Å². The van der Waals surface area contributed by atoms with Crippen LogP contribution in [0.1, 0.15) is 19.8 Å². The summed E-state index contributed by atoms with van der Waals surface area (Å²) in [4.78, 5) is 0. The van der Waals surface area contributed by atoms with Gasteiger partial charge in [0.05, 0.1) is 19.0 Å². The van der Waals surface area contributed by atoms with Crippen molar-refractivity contribution < 1.29 is 4.74 Å². The van der Waals surface area contributed by atoms with Crippen molar-refractivity contribution in [2.24, 2.45) is 13.0 Å². The molecule has 14 heavy (non-hydrogen) atoms. The van der Waals surface area contributed by atoms with Crippen molar-refractivity contribution in [1.82, 2.24) is 9.78 Å². The summed E-state index contributed by atoms with van der Waals surface area (Å²) in [6.07, 6.45) is 5.93. The number of aromatic nitrogens is 2. The van der Waals surface area contributed by atoms with Gasteiger partial charge in [-0.15, -0.1) is 0 Å². The maximum atomic E-state index is 5.55. The van der Waals surface area contributed by atoms with Crippen LogP contribution in [0.15, 0.2) is 12.4 Å². The second-order valence-corrected chi connectivity index (χ2v) is 4.36. The molecule has 0 fully saturated rings. The Morgan fingerprint density at radius 3 is 2.93 bits per heavy atom. The summed E-state index contributed by atoms with van der Waals surface area (Å²) >= 11 is 3.44. The van der Waals surface area contributed by atoms with E-state index in [1.54, 1.807) is 10.9 Å². The van der Waals surface area contributed by atoms with Crippen molar-refractivity contribution in [2.45, 2.75) is 19.8 Å². The Hall–Kier alpha value is -0.510. The van der Waals surface area contributed by atoms with E-state index in [9.17, 15) is 0 Å². The summed E-state index contributed by atoms with van der Waals surface area (Å²) in [7, 11) is 1.89. The lowest BCUT2D eigenvalue weighted by molar-refractivity contribution is 0.282. The van der Waals surface area contributed by atoms with Gasteiger partial charge in [0.1, 0.15) is 0 Å². The fourth-order valence-corrected chi connectivity index (χ4v) is 1.96. The molecule has 1 unspecified atom stereocenters. The second kappa shape index (κ2) is 6.06. The molecule has 1 rings (SSSR count). The molecular weight excluding hydrogens is 244 g/mol. The molecule has 0 aromatic carbocycles. The summed E-state index contributed by atoms with van der Waals surface area (Å²) in [5, 5.41) is 5.11. The summed E-state index contributed by atoms with van der Waals surface area (Å²) in [5.41, 5.74) is 0. The van der Waals surface area contributed by atoms with Gasteiger partial charge in [0.25, 0.3) is 0 Å². The number of alkyl halides is 1. The molecule has 0 radical (unpaired) electrons. The van der Waals surface area contributed by atoms with E-state index in [0.29, 0.717) is 5.92 Å². The summed E-state index contributed by atoms with van der Waals surface area (Å²) in [6.45, 7) is 3.02. The fourth-order valence-electron chi connectivity index (χ4n) is 1.18. The predicted octanol–water partition coefficient (Wildman–Crippen LogP) is 2.61. The van der Waals surface area contributed by atoms with Crippen molar-refractivity contribution in [3.63, 3.8) is 0 Å². The van der Waals surface area contributed by atoms with Gasteiger partial charge in [-0.1, -0.05) is 22.9 Å². The molecule has 0 aliphatic rings. The Balaban J connectivity index is 2.15. The number of ether oxygens (including phenoxy) is 1. The van der Waals surface area contributed by atoms with Gasteiger partial charge in [-0.25, -0.2) is 0 Å². The molecule has 0 bridgehead atoms. The zero-order chi connectivity index (χ0) is 10.4. The average molecular weight is 261 g/mol. The number of hydrogen-bond donors (Lipinski definition) is 0. The highest BCUT2D eigenvalue weighted by Crippen LogP contribution is 2.12. The topological polar surface area (TPSA) is 27.1 Å². The minimum Gasteiger partial charge on any atom is -0.490 e. The van der Waals surface area contributed by atoms with E-state index in [1.165, 1.54) is 6.42 Å². The van der Waals surface area contributed by atoms with Gasteiger partial charge < -0.3 is 4.74 Å². The number of hydrogen-bond acceptors (Lipinski definition) is 2. The van der Waals surface area contributed by atoms with Crippen molar-refractivity contribution in [2.75, 3.05) is 11.9 Å². The molecule has 0 saturated heterocycles. The van der Waals surface area contributed by atoms with E-state index in [-0.39, 0.29) is 0 Å². The smallest absolute Gasteiger partial charge is 0.157 e. The van der Waals surface area contributed by atoms with E-state index in [1.807, 2.05) is 13.2 Å². The minimum atomic E-state index is 0.714. The molecule has 1 heterocycles. The van der Waals surface area contributed by atoms with Gasteiger partial charge in [-0.3, -0.25) is 4.68 Å². The Labute approximate surface area is 93.6 Å². The van der Waals surface area contributed by atoms with Crippen LogP contribution in [0.4, 0.5) is 0 Å². The van der Waals surface area contributed by atoms with E-state index in [0.717, 1.165) is 24.1 Å². The van der Waals surface area contributed by atoms with E-state index in [2.05, 4.69) is 28.0 Å². The number of nitrogens with zero attached hydrogens (tertiary/aromatic N) is 2. The standard InChI is InChI=1S/C10H17BrN2O/c1-9(3-5-11)4-6-14-10-7-12-13(2)8-10/h7-9H,3-6H2,1-2H3. The number of aryl methyl sites for hydroxylation is 1. The summed E-state index contributed by atoms with van der Waals surface area (Å²) < 4.78 is 7.29. The first kappa shape index (κ1) is 11.6. The van der Waals surface area contributed by atoms with Crippen LogP contribution in [0.3, 0.4) is 0 Å². The highest BCUT2D eigenvalue weighted by molar-refractivity contribution is 9.09. The molecule has 0 saturated carbocycles. The van der Waals surface area contributed by atoms with Gasteiger partial charge >= 0.3 is 0 Å². The molecule has 1 aromatic rings. The molecule has 0 aliphatic carbocycles. The largest absolute Gasteiger partial charge is 0.490 e. The number of rotatable bonds is 6. The zero-order valence-electron chi connectivity index (χ0n) is 8.74. The monoisotopic (exact) mass is 260 g/mol. The van der Waals surface area contributed by atoms with Crippen molar-refractivity contribution in [3.05, 3.63) is 12.4 Å². The highest BCUT2D eigenvalue weighted by atomic mass is 79.9. The van der Waals surface area contributed by atoms with Crippen LogP contribution >= 0.6 is 15.9 Å². The average Bonchev–Trinajstić information content (AvgIpc) is 2.52. The van der Waals surface area contributed by atoms with E-state index < -0.39 is 0 Å². The van der Waals surface area contributed by atoms with E-state index in [4.69, 9.17) is 4.74 Å². The molecule has 1 atom stereocenters. The number of halogens is 1. The van der Waals surface area contributed by atoms with Crippen molar-refractivity contribution in [1.29, 1.82) is 0 Å². The van der Waals surface area contributed by atoms with Crippen LogP contribution < -0.4 is 4.74 Å². The van der Waals surface area contributed by atoms with Crippen LogP contribution in [0.2, 0.25) is 0 Å². The molecule has 80 valence electrons. The Bertz CT molecular complexity index is 262. The maximum Gasteiger partial charge on any atom is 0.157 e. The molecule has 1 aromatic heterocycles. The van der Waals surface area contributed by atoms with Gasteiger partial charge in [-0.2, -0.15) is 5.10 Å². The molecule has 4 heteroatoms. The molecule has 0 N–H and O–H groups in total. The molecule has 0 aliphatic heterocycles. The normalized spacial score (nSPS) is 12.8. The van der Waals surface area contributed by atoms with Crippen LogP contribution in [0.5, 0.6) is 5.75 Å². The first-order valence-electron chi connectivity index (χ1n) is 4.89. The first-order valence-corrected chi connectivity index (χ1v) is 6.02. The Morgan fingerprint density at radius 1 is 1.57 bits per heavy atom. The predicted molar refractivity (Wildman–Crippen MR) is 60.9 cm³/mol. The van der Waals surface area contributed by atoms with Crippen molar-refractivity contribution >= 4 is 15.9 Å². The quantitative estimate of drug-likeness (QED) is 0.736. The lowest BCUT2D eigenvalue weighted by atomic mass is 10.1. The molecule has 0 spiro atoms. The van der Waals surface area contributed by atoms with Gasteiger partial charge in [0, 0.05) is 12.4 Å². The SMILES string of the molecule is CC(CCBr)CCOc1cnn(C)c1. The van der Waals surface area contributed by atoms with Crippen LogP contribution in [0.25, 0.3) is 0 Å². The first-order chi connectivity index (χ1) is 6.72.